The van der Waals surface area contributed by atoms with Crippen LogP contribution in [0.4, 0.5) is 5.95 Å². The zero-order valence-corrected chi connectivity index (χ0v) is 17.1. The van der Waals surface area contributed by atoms with Gasteiger partial charge in [-0.15, -0.1) is 5.10 Å². The second-order valence-corrected chi connectivity index (χ2v) is 7.12. The summed E-state index contributed by atoms with van der Waals surface area (Å²) in [5.74, 6) is 1.87. The van der Waals surface area contributed by atoms with Gasteiger partial charge in [0.25, 0.3) is 0 Å². The highest BCUT2D eigenvalue weighted by molar-refractivity contribution is 5.94. The molecule has 1 saturated heterocycles. The van der Waals surface area contributed by atoms with Gasteiger partial charge in [-0.1, -0.05) is 30.3 Å². The molecule has 1 aliphatic rings. The van der Waals surface area contributed by atoms with E-state index in [9.17, 15) is 4.79 Å². The third kappa shape index (κ3) is 4.13. The molecule has 3 aromatic rings. The fourth-order valence-electron chi connectivity index (χ4n) is 3.77. The highest BCUT2D eigenvalue weighted by Gasteiger charge is 2.30. The van der Waals surface area contributed by atoms with Crippen molar-refractivity contribution in [2.75, 3.05) is 32.6 Å². The minimum atomic E-state index is -0.369. The standard InChI is InChI=1S/C22H25N5O3/c1-29-16-10-11-17(18(14-16)30-2)20-23-22(26-25-20)24-21(28)19(27-12-6-7-13-27)15-8-4-3-5-9-15/h3-5,8-11,14,19H,6-7,12-13H2,1-2H3,(H2,23,24,25,26,28). The van der Waals surface area contributed by atoms with Gasteiger partial charge in [0.05, 0.1) is 19.8 Å². The smallest absolute Gasteiger partial charge is 0.249 e. The van der Waals surface area contributed by atoms with E-state index >= 15 is 0 Å². The van der Waals surface area contributed by atoms with Gasteiger partial charge in [0.1, 0.15) is 17.5 Å². The van der Waals surface area contributed by atoms with Crippen LogP contribution in [0, 0.1) is 0 Å². The summed E-state index contributed by atoms with van der Waals surface area (Å²) >= 11 is 0. The fourth-order valence-corrected chi connectivity index (χ4v) is 3.77. The van der Waals surface area contributed by atoms with Crippen LogP contribution in [0.2, 0.25) is 0 Å². The average Bonchev–Trinajstić information content (AvgIpc) is 3.47. The third-order valence-electron chi connectivity index (χ3n) is 5.25. The van der Waals surface area contributed by atoms with Gasteiger partial charge in [0, 0.05) is 6.07 Å². The molecular formula is C22H25N5O3. The van der Waals surface area contributed by atoms with Crippen LogP contribution in [0.3, 0.4) is 0 Å². The van der Waals surface area contributed by atoms with Crippen molar-refractivity contribution >= 4 is 11.9 Å². The molecule has 2 N–H and O–H groups in total. The van der Waals surface area contributed by atoms with Crippen LogP contribution < -0.4 is 14.8 Å². The first-order valence-corrected chi connectivity index (χ1v) is 9.94. The second kappa shape index (κ2) is 8.96. The van der Waals surface area contributed by atoms with Gasteiger partial charge in [-0.05, 0) is 43.6 Å². The number of nitrogens with one attached hydrogen (secondary N) is 2. The third-order valence-corrected chi connectivity index (χ3v) is 5.25. The van der Waals surface area contributed by atoms with Crippen LogP contribution in [-0.2, 0) is 4.79 Å². The lowest BCUT2D eigenvalue weighted by molar-refractivity contribution is -0.121. The summed E-state index contributed by atoms with van der Waals surface area (Å²) < 4.78 is 10.7. The fraction of sp³-hybridized carbons (Fsp3) is 0.318. The number of ether oxygens (including phenoxy) is 2. The molecule has 1 unspecified atom stereocenters. The number of nitrogens with zero attached hydrogens (tertiary/aromatic N) is 3. The molecular weight excluding hydrogens is 382 g/mol. The maximum absolute atomic E-state index is 13.2. The van der Waals surface area contributed by atoms with Crippen LogP contribution in [0.5, 0.6) is 11.5 Å². The minimum absolute atomic E-state index is 0.143. The van der Waals surface area contributed by atoms with Crippen LogP contribution in [0.15, 0.2) is 48.5 Å². The topological polar surface area (TPSA) is 92.4 Å². The van der Waals surface area contributed by atoms with Crippen molar-refractivity contribution in [3.8, 4) is 22.9 Å². The molecule has 0 saturated carbocycles. The molecule has 2 heterocycles. The predicted molar refractivity (Wildman–Crippen MR) is 114 cm³/mol. The first-order valence-electron chi connectivity index (χ1n) is 9.94. The number of methoxy groups -OCH3 is 2. The van der Waals surface area contributed by atoms with E-state index in [0.29, 0.717) is 17.3 Å². The average molecular weight is 407 g/mol. The largest absolute Gasteiger partial charge is 0.497 e. The van der Waals surface area contributed by atoms with E-state index in [2.05, 4.69) is 25.4 Å². The van der Waals surface area contributed by atoms with Gasteiger partial charge in [-0.2, -0.15) is 4.98 Å². The lowest BCUT2D eigenvalue weighted by atomic mass is 10.0. The molecule has 0 bridgehead atoms. The molecule has 1 amide bonds. The van der Waals surface area contributed by atoms with Gasteiger partial charge in [0.15, 0.2) is 5.82 Å². The van der Waals surface area contributed by atoms with Gasteiger partial charge in [-0.3, -0.25) is 20.1 Å². The highest BCUT2D eigenvalue weighted by atomic mass is 16.5. The van der Waals surface area contributed by atoms with Crippen LogP contribution in [0.1, 0.15) is 24.4 Å². The molecule has 0 aliphatic carbocycles. The van der Waals surface area contributed by atoms with E-state index < -0.39 is 0 Å². The molecule has 4 rings (SSSR count). The van der Waals surface area contributed by atoms with Crippen LogP contribution >= 0.6 is 0 Å². The first kappa shape index (κ1) is 19.9. The first-order chi connectivity index (χ1) is 14.7. The van der Waals surface area contributed by atoms with E-state index in [1.165, 1.54) is 0 Å². The Morgan fingerprint density at radius 3 is 2.57 bits per heavy atom. The molecule has 8 heteroatoms. The van der Waals surface area contributed by atoms with Crippen molar-refractivity contribution in [2.24, 2.45) is 0 Å². The van der Waals surface area contributed by atoms with Gasteiger partial charge < -0.3 is 9.47 Å². The molecule has 1 atom stereocenters. The quantitative estimate of drug-likeness (QED) is 0.625. The summed E-state index contributed by atoms with van der Waals surface area (Å²) in [6, 6.07) is 14.9. The number of H-pyrrole nitrogens is 1. The molecule has 8 nitrogen and oxygen atoms in total. The van der Waals surface area contributed by atoms with E-state index in [4.69, 9.17) is 9.47 Å². The summed E-state index contributed by atoms with van der Waals surface area (Å²) in [4.78, 5) is 19.8. The minimum Gasteiger partial charge on any atom is -0.497 e. The molecule has 1 fully saturated rings. The Balaban J connectivity index is 1.56. The van der Waals surface area contributed by atoms with Gasteiger partial charge in [0.2, 0.25) is 11.9 Å². The molecule has 0 radical (unpaired) electrons. The zero-order valence-electron chi connectivity index (χ0n) is 17.1. The number of hydrogen-bond donors (Lipinski definition) is 2. The Morgan fingerprint density at radius 1 is 1.10 bits per heavy atom. The summed E-state index contributed by atoms with van der Waals surface area (Å²) in [5.41, 5.74) is 1.69. The number of benzene rings is 2. The number of amides is 1. The molecule has 1 aliphatic heterocycles. The number of rotatable bonds is 7. The van der Waals surface area contributed by atoms with Crippen LogP contribution in [0.25, 0.3) is 11.4 Å². The number of aromatic nitrogens is 3. The predicted octanol–water partition coefficient (Wildman–Crippen LogP) is 3.26. The molecule has 1 aromatic heterocycles. The number of anilines is 1. The van der Waals surface area contributed by atoms with E-state index in [1.54, 1.807) is 20.3 Å². The second-order valence-electron chi connectivity index (χ2n) is 7.12. The lowest BCUT2D eigenvalue weighted by Gasteiger charge is -2.26. The van der Waals surface area contributed by atoms with E-state index in [1.807, 2.05) is 42.5 Å². The van der Waals surface area contributed by atoms with Crippen molar-refractivity contribution in [1.82, 2.24) is 20.1 Å². The number of carbonyl (C=O) groups excluding carboxylic acids is 1. The Morgan fingerprint density at radius 2 is 1.87 bits per heavy atom. The monoisotopic (exact) mass is 407 g/mol. The van der Waals surface area contributed by atoms with Crippen molar-refractivity contribution in [3.63, 3.8) is 0 Å². The molecule has 30 heavy (non-hydrogen) atoms. The zero-order chi connectivity index (χ0) is 20.9. The SMILES string of the molecule is COc1ccc(-c2nc(NC(=O)C(c3ccccc3)N3CCCC3)n[nH]2)c(OC)c1. The molecule has 156 valence electrons. The van der Waals surface area contributed by atoms with Crippen LogP contribution in [-0.4, -0.2) is 53.3 Å². The number of hydrogen-bond acceptors (Lipinski definition) is 6. The van der Waals surface area contributed by atoms with E-state index in [-0.39, 0.29) is 17.9 Å². The summed E-state index contributed by atoms with van der Waals surface area (Å²) in [7, 11) is 3.18. The number of likely N-dealkylation sites (tertiary alicyclic amines) is 1. The summed E-state index contributed by atoms with van der Waals surface area (Å²) in [6.45, 7) is 1.80. The van der Waals surface area contributed by atoms with Gasteiger partial charge >= 0.3 is 0 Å². The number of carbonyl (C=O) groups is 1. The maximum atomic E-state index is 13.2. The number of aromatic amines is 1. The van der Waals surface area contributed by atoms with Crippen molar-refractivity contribution in [2.45, 2.75) is 18.9 Å². The summed E-state index contributed by atoms with van der Waals surface area (Å²) in [6.07, 6.45) is 2.19. The Bertz CT molecular complexity index is 999. The summed E-state index contributed by atoms with van der Waals surface area (Å²) in [5, 5.41) is 9.93. The Labute approximate surface area is 175 Å². The Kier molecular flexibility index (Phi) is 5.94. The Hall–Kier alpha value is -3.39. The lowest BCUT2D eigenvalue weighted by Crippen LogP contribution is -2.35. The van der Waals surface area contributed by atoms with Crippen molar-refractivity contribution < 1.29 is 14.3 Å². The van der Waals surface area contributed by atoms with Crippen molar-refractivity contribution in [3.05, 3.63) is 54.1 Å². The van der Waals surface area contributed by atoms with E-state index in [0.717, 1.165) is 37.1 Å². The van der Waals surface area contributed by atoms with Gasteiger partial charge in [-0.25, -0.2) is 0 Å². The normalized spacial score (nSPS) is 15.0. The maximum Gasteiger partial charge on any atom is 0.249 e. The highest BCUT2D eigenvalue weighted by Crippen LogP contribution is 2.32. The molecule has 0 spiro atoms. The molecule has 2 aromatic carbocycles. The van der Waals surface area contributed by atoms with Crippen molar-refractivity contribution in [1.29, 1.82) is 0 Å².